The Balaban J connectivity index is 1.69. The zero-order valence-corrected chi connectivity index (χ0v) is 16.0. The van der Waals surface area contributed by atoms with Gasteiger partial charge in [0.05, 0.1) is 4.90 Å². The lowest BCUT2D eigenvalue weighted by molar-refractivity contribution is 0.169. The van der Waals surface area contributed by atoms with Crippen LogP contribution in [0.1, 0.15) is 24.1 Å². The second kappa shape index (κ2) is 7.65. The molecule has 0 saturated carbocycles. The third-order valence-electron chi connectivity index (χ3n) is 4.41. The van der Waals surface area contributed by atoms with E-state index in [1.54, 1.807) is 12.1 Å². The van der Waals surface area contributed by atoms with E-state index in [2.05, 4.69) is 5.32 Å². The molecule has 1 aliphatic heterocycles. The van der Waals surface area contributed by atoms with Crippen LogP contribution in [-0.2, 0) is 16.6 Å². The standard InChI is InChI=1S/C19H24N2O4S/c1-14(15-7-9-17(10-8-15)26(22,23)21(2)3)20-13-16-5-4-6-18-19(16)25-12-11-24-18/h4-10,14,20H,11-13H2,1-3H3. The fraction of sp³-hybridized carbons (Fsp3) is 0.368. The van der Waals surface area contributed by atoms with Crippen LogP contribution < -0.4 is 14.8 Å². The number of para-hydroxylation sites is 1. The van der Waals surface area contributed by atoms with E-state index >= 15 is 0 Å². The molecule has 1 heterocycles. The minimum absolute atomic E-state index is 0.0616. The Bertz CT molecular complexity index is 864. The summed E-state index contributed by atoms with van der Waals surface area (Å²) in [5, 5.41) is 3.45. The quantitative estimate of drug-likeness (QED) is 0.839. The number of nitrogens with one attached hydrogen (secondary N) is 1. The minimum atomic E-state index is -3.40. The second-order valence-corrected chi connectivity index (χ2v) is 8.55. The largest absolute Gasteiger partial charge is 0.486 e. The summed E-state index contributed by atoms with van der Waals surface area (Å²) in [6, 6.07) is 12.9. The molecule has 6 nitrogen and oxygen atoms in total. The van der Waals surface area contributed by atoms with Crippen LogP contribution in [0.5, 0.6) is 11.5 Å². The van der Waals surface area contributed by atoms with Crippen LogP contribution in [0, 0.1) is 0 Å². The highest BCUT2D eigenvalue weighted by molar-refractivity contribution is 7.89. The van der Waals surface area contributed by atoms with Crippen LogP contribution in [-0.4, -0.2) is 40.0 Å². The number of hydrogen-bond donors (Lipinski definition) is 1. The Labute approximate surface area is 154 Å². The smallest absolute Gasteiger partial charge is 0.242 e. The molecule has 7 heteroatoms. The van der Waals surface area contributed by atoms with Crippen molar-refractivity contribution in [2.75, 3.05) is 27.3 Å². The molecular formula is C19H24N2O4S. The maximum Gasteiger partial charge on any atom is 0.242 e. The summed E-state index contributed by atoms with van der Waals surface area (Å²) < 4.78 is 36.8. The fourth-order valence-corrected chi connectivity index (χ4v) is 3.70. The highest BCUT2D eigenvalue weighted by Gasteiger charge is 2.18. The average Bonchev–Trinajstić information content (AvgIpc) is 2.66. The lowest BCUT2D eigenvalue weighted by Gasteiger charge is -2.22. The van der Waals surface area contributed by atoms with E-state index in [1.165, 1.54) is 18.4 Å². The molecule has 0 amide bonds. The number of fused-ring (bicyclic) bond motifs is 1. The van der Waals surface area contributed by atoms with Gasteiger partial charge >= 0.3 is 0 Å². The average molecular weight is 376 g/mol. The lowest BCUT2D eigenvalue weighted by Crippen LogP contribution is -2.23. The van der Waals surface area contributed by atoms with Gasteiger partial charge in [0.25, 0.3) is 0 Å². The molecule has 0 fully saturated rings. The topological polar surface area (TPSA) is 67.9 Å². The zero-order chi connectivity index (χ0) is 18.7. The molecule has 0 bridgehead atoms. The van der Waals surface area contributed by atoms with E-state index in [9.17, 15) is 8.42 Å². The van der Waals surface area contributed by atoms with Crippen molar-refractivity contribution >= 4 is 10.0 Å². The normalized spacial score (nSPS) is 15.1. The first-order chi connectivity index (χ1) is 12.4. The Morgan fingerprint density at radius 1 is 1.08 bits per heavy atom. The Kier molecular flexibility index (Phi) is 5.50. The van der Waals surface area contributed by atoms with Crippen molar-refractivity contribution in [3.63, 3.8) is 0 Å². The molecule has 1 aliphatic rings. The molecule has 2 aromatic carbocycles. The number of benzene rings is 2. The van der Waals surface area contributed by atoms with Gasteiger partial charge in [-0.1, -0.05) is 24.3 Å². The number of rotatable bonds is 6. The third-order valence-corrected chi connectivity index (χ3v) is 6.23. The van der Waals surface area contributed by atoms with Gasteiger partial charge in [-0.2, -0.15) is 0 Å². The predicted molar refractivity (Wildman–Crippen MR) is 100 cm³/mol. The molecule has 1 atom stereocenters. The molecule has 140 valence electrons. The summed E-state index contributed by atoms with van der Waals surface area (Å²) in [4.78, 5) is 0.293. The number of ether oxygens (including phenoxy) is 2. The maximum atomic E-state index is 12.1. The highest BCUT2D eigenvalue weighted by Crippen LogP contribution is 2.33. The number of nitrogens with zero attached hydrogens (tertiary/aromatic N) is 1. The minimum Gasteiger partial charge on any atom is -0.486 e. The van der Waals surface area contributed by atoms with Gasteiger partial charge in [-0.3, -0.25) is 0 Å². The van der Waals surface area contributed by atoms with Gasteiger partial charge in [0.1, 0.15) is 13.2 Å². The molecule has 3 rings (SSSR count). The molecular weight excluding hydrogens is 352 g/mol. The van der Waals surface area contributed by atoms with Crippen molar-refractivity contribution in [3.8, 4) is 11.5 Å². The van der Waals surface area contributed by atoms with Gasteiger partial charge in [-0.05, 0) is 30.7 Å². The van der Waals surface area contributed by atoms with Gasteiger partial charge < -0.3 is 14.8 Å². The van der Waals surface area contributed by atoms with Gasteiger partial charge in [-0.25, -0.2) is 12.7 Å². The predicted octanol–water partition coefficient (Wildman–Crippen LogP) is 2.56. The molecule has 1 unspecified atom stereocenters. The van der Waals surface area contributed by atoms with E-state index in [1.807, 2.05) is 37.3 Å². The van der Waals surface area contributed by atoms with Crippen LogP contribution >= 0.6 is 0 Å². The van der Waals surface area contributed by atoms with Gasteiger partial charge in [-0.15, -0.1) is 0 Å². The van der Waals surface area contributed by atoms with Crippen molar-refractivity contribution < 1.29 is 17.9 Å². The summed E-state index contributed by atoms with van der Waals surface area (Å²) in [5.41, 5.74) is 2.06. The molecule has 0 saturated heterocycles. The number of hydrogen-bond acceptors (Lipinski definition) is 5. The number of sulfonamides is 1. The molecule has 26 heavy (non-hydrogen) atoms. The second-order valence-electron chi connectivity index (χ2n) is 6.40. The summed E-state index contributed by atoms with van der Waals surface area (Å²) in [5.74, 6) is 1.58. The van der Waals surface area contributed by atoms with Crippen molar-refractivity contribution in [1.82, 2.24) is 9.62 Å². The Morgan fingerprint density at radius 3 is 2.46 bits per heavy atom. The SMILES string of the molecule is CC(NCc1cccc2c1OCCO2)c1ccc(S(=O)(=O)N(C)C)cc1. The van der Waals surface area contributed by atoms with Crippen molar-refractivity contribution in [3.05, 3.63) is 53.6 Å². The maximum absolute atomic E-state index is 12.1. The van der Waals surface area contributed by atoms with Crippen molar-refractivity contribution in [2.45, 2.75) is 24.4 Å². The molecule has 0 aromatic heterocycles. The molecule has 2 aromatic rings. The molecule has 1 N–H and O–H groups in total. The van der Waals surface area contributed by atoms with E-state index < -0.39 is 10.0 Å². The zero-order valence-electron chi connectivity index (χ0n) is 15.2. The Hall–Kier alpha value is -2.09. The fourth-order valence-electron chi connectivity index (χ4n) is 2.79. The van der Waals surface area contributed by atoms with Crippen LogP contribution in [0.25, 0.3) is 0 Å². The third kappa shape index (κ3) is 3.85. The van der Waals surface area contributed by atoms with Gasteiger partial charge in [0.2, 0.25) is 10.0 Å². The molecule has 0 spiro atoms. The van der Waals surface area contributed by atoms with E-state index in [-0.39, 0.29) is 6.04 Å². The lowest BCUT2D eigenvalue weighted by atomic mass is 10.1. The van der Waals surface area contributed by atoms with Gasteiger partial charge in [0, 0.05) is 32.2 Å². The summed E-state index contributed by atoms with van der Waals surface area (Å²) in [7, 11) is -0.347. The summed E-state index contributed by atoms with van der Waals surface area (Å²) in [6.07, 6.45) is 0. The first kappa shape index (κ1) is 18.7. The van der Waals surface area contributed by atoms with Crippen molar-refractivity contribution in [2.24, 2.45) is 0 Å². The summed E-state index contributed by atoms with van der Waals surface area (Å²) >= 11 is 0. The van der Waals surface area contributed by atoms with Gasteiger partial charge in [0.15, 0.2) is 11.5 Å². The highest BCUT2D eigenvalue weighted by atomic mass is 32.2. The van der Waals surface area contributed by atoms with Crippen LogP contribution in [0.3, 0.4) is 0 Å². The Morgan fingerprint density at radius 2 is 1.77 bits per heavy atom. The van der Waals surface area contributed by atoms with Crippen molar-refractivity contribution in [1.29, 1.82) is 0 Å². The first-order valence-electron chi connectivity index (χ1n) is 8.53. The summed E-state index contributed by atoms with van der Waals surface area (Å²) in [6.45, 7) is 3.80. The van der Waals surface area contributed by atoms with E-state index in [0.717, 1.165) is 22.6 Å². The van der Waals surface area contributed by atoms with Crippen LogP contribution in [0.4, 0.5) is 0 Å². The molecule has 0 radical (unpaired) electrons. The van der Waals surface area contributed by atoms with E-state index in [4.69, 9.17) is 9.47 Å². The van der Waals surface area contributed by atoms with E-state index in [0.29, 0.717) is 24.7 Å². The first-order valence-corrected chi connectivity index (χ1v) is 9.97. The van der Waals surface area contributed by atoms with Crippen LogP contribution in [0.2, 0.25) is 0 Å². The molecule has 0 aliphatic carbocycles. The van der Waals surface area contributed by atoms with Crippen LogP contribution in [0.15, 0.2) is 47.4 Å². The monoisotopic (exact) mass is 376 g/mol.